The van der Waals surface area contributed by atoms with E-state index in [9.17, 15) is 0 Å². The molecule has 2 rings (SSSR count). The van der Waals surface area contributed by atoms with Crippen molar-refractivity contribution >= 4 is 5.82 Å². The molecule has 78 valence electrons. The third-order valence-electron chi connectivity index (χ3n) is 2.00. The monoisotopic (exact) mass is 211 g/mol. The molecule has 2 aromatic heterocycles. The Hall–Kier alpha value is -2.48. The Bertz CT molecular complexity index is 486. The molecule has 0 amide bonds. The number of anilines is 1. The summed E-state index contributed by atoms with van der Waals surface area (Å²) in [5.41, 5.74) is 1.43. The van der Waals surface area contributed by atoms with Crippen molar-refractivity contribution in [2.45, 2.75) is 6.54 Å². The van der Waals surface area contributed by atoms with Gasteiger partial charge in [0.25, 0.3) is 0 Å². The highest BCUT2D eigenvalue weighted by molar-refractivity contribution is 5.36. The number of hydrogen-bond acceptors (Lipinski definition) is 5. The van der Waals surface area contributed by atoms with Gasteiger partial charge in [-0.15, -0.1) is 10.2 Å². The van der Waals surface area contributed by atoms with Crippen LogP contribution in [0.4, 0.5) is 5.82 Å². The van der Waals surface area contributed by atoms with Crippen molar-refractivity contribution in [1.29, 1.82) is 5.26 Å². The first-order valence-electron chi connectivity index (χ1n) is 4.75. The van der Waals surface area contributed by atoms with E-state index in [-0.39, 0.29) is 0 Å². The molecule has 0 aliphatic rings. The summed E-state index contributed by atoms with van der Waals surface area (Å²) in [4.78, 5) is 3.93. The lowest BCUT2D eigenvalue weighted by Gasteiger charge is -2.03. The van der Waals surface area contributed by atoms with Crippen LogP contribution >= 0.6 is 0 Å². The summed E-state index contributed by atoms with van der Waals surface area (Å²) in [6.45, 7) is 0.656. The van der Waals surface area contributed by atoms with Gasteiger partial charge in [0.2, 0.25) is 0 Å². The van der Waals surface area contributed by atoms with Gasteiger partial charge in [0.15, 0.2) is 5.69 Å². The van der Waals surface area contributed by atoms with Crippen LogP contribution in [0, 0.1) is 11.3 Å². The van der Waals surface area contributed by atoms with Crippen LogP contribution in [-0.4, -0.2) is 15.2 Å². The Morgan fingerprint density at radius 2 is 1.94 bits per heavy atom. The molecule has 2 heterocycles. The van der Waals surface area contributed by atoms with Crippen molar-refractivity contribution in [1.82, 2.24) is 15.2 Å². The van der Waals surface area contributed by atoms with Crippen LogP contribution in [0.25, 0.3) is 0 Å². The summed E-state index contributed by atoms with van der Waals surface area (Å²) in [7, 11) is 0. The normalized spacial score (nSPS) is 9.44. The van der Waals surface area contributed by atoms with Gasteiger partial charge in [-0.05, 0) is 29.8 Å². The van der Waals surface area contributed by atoms with Crippen LogP contribution < -0.4 is 5.32 Å². The second kappa shape index (κ2) is 4.84. The van der Waals surface area contributed by atoms with Gasteiger partial charge in [0.1, 0.15) is 11.9 Å². The van der Waals surface area contributed by atoms with Crippen molar-refractivity contribution < 1.29 is 0 Å². The average Bonchev–Trinajstić information content (AvgIpc) is 2.38. The van der Waals surface area contributed by atoms with E-state index in [0.29, 0.717) is 18.1 Å². The maximum Gasteiger partial charge on any atom is 0.163 e. The van der Waals surface area contributed by atoms with Crippen molar-refractivity contribution in [3.63, 3.8) is 0 Å². The van der Waals surface area contributed by atoms with Gasteiger partial charge in [-0.3, -0.25) is 4.98 Å². The summed E-state index contributed by atoms with van der Waals surface area (Å²) >= 11 is 0. The number of hydrogen-bond donors (Lipinski definition) is 1. The minimum atomic E-state index is 0.314. The van der Waals surface area contributed by atoms with E-state index in [1.807, 2.05) is 18.2 Å². The minimum Gasteiger partial charge on any atom is -0.365 e. The van der Waals surface area contributed by atoms with Gasteiger partial charge in [0, 0.05) is 18.9 Å². The predicted molar refractivity (Wildman–Crippen MR) is 58.3 cm³/mol. The maximum absolute atomic E-state index is 8.56. The van der Waals surface area contributed by atoms with Crippen molar-refractivity contribution in [3.05, 3.63) is 47.9 Å². The lowest BCUT2D eigenvalue weighted by Crippen LogP contribution is -2.02. The maximum atomic E-state index is 8.56. The van der Waals surface area contributed by atoms with E-state index in [0.717, 1.165) is 5.56 Å². The number of aromatic nitrogens is 3. The van der Waals surface area contributed by atoms with Gasteiger partial charge in [-0.2, -0.15) is 5.26 Å². The smallest absolute Gasteiger partial charge is 0.163 e. The third kappa shape index (κ3) is 2.51. The molecule has 5 heteroatoms. The van der Waals surface area contributed by atoms with Gasteiger partial charge in [-0.1, -0.05) is 0 Å². The lowest BCUT2D eigenvalue weighted by atomic mass is 10.3. The largest absolute Gasteiger partial charge is 0.365 e. The molecule has 16 heavy (non-hydrogen) atoms. The fourth-order valence-electron chi connectivity index (χ4n) is 1.18. The molecular weight excluding hydrogens is 202 g/mol. The zero-order chi connectivity index (χ0) is 11.2. The zero-order valence-corrected chi connectivity index (χ0v) is 8.46. The fourth-order valence-corrected chi connectivity index (χ4v) is 1.18. The van der Waals surface area contributed by atoms with E-state index >= 15 is 0 Å². The second-order valence-corrected chi connectivity index (χ2v) is 3.12. The topological polar surface area (TPSA) is 74.5 Å². The van der Waals surface area contributed by atoms with Gasteiger partial charge < -0.3 is 5.32 Å². The highest BCUT2D eigenvalue weighted by atomic mass is 15.2. The average molecular weight is 211 g/mol. The molecule has 0 fully saturated rings. The number of nitriles is 1. The molecule has 5 nitrogen and oxygen atoms in total. The highest BCUT2D eigenvalue weighted by Gasteiger charge is 1.96. The van der Waals surface area contributed by atoms with Gasteiger partial charge in [0.05, 0.1) is 0 Å². The second-order valence-electron chi connectivity index (χ2n) is 3.12. The van der Waals surface area contributed by atoms with Crippen molar-refractivity contribution in [3.8, 4) is 6.07 Å². The van der Waals surface area contributed by atoms with Crippen molar-refractivity contribution in [2.24, 2.45) is 0 Å². The first-order valence-corrected chi connectivity index (χ1v) is 4.75. The number of rotatable bonds is 3. The molecule has 0 aromatic carbocycles. The molecule has 0 radical (unpaired) electrons. The molecule has 0 unspecified atom stereocenters. The van der Waals surface area contributed by atoms with Crippen LogP contribution in [0.3, 0.4) is 0 Å². The molecule has 0 aliphatic heterocycles. The summed E-state index contributed by atoms with van der Waals surface area (Å²) in [6.07, 6.45) is 3.48. The minimum absolute atomic E-state index is 0.314. The standard InChI is InChI=1S/C11H9N5/c12-7-10-1-2-11(16-15-10)14-8-9-3-5-13-6-4-9/h1-6H,8H2,(H,14,16). The molecule has 0 saturated carbocycles. The summed E-state index contributed by atoms with van der Waals surface area (Å²) in [5.74, 6) is 0.649. The van der Waals surface area contributed by atoms with E-state index in [2.05, 4.69) is 20.5 Å². The number of nitrogens with zero attached hydrogens (tertiary/aromatic N) is 4. The fraction of sp³-hybridized carbons (Fsp3) is 0.0909. The van der Waals surface area contributed by atoms with Crippen LogP contribution in [0.1, 0.15) is 11.3 Å². The molecule has 0 spiro atoms. The molecule has 0 bridgehead atoms. The quantitative estimate of drug-likeness (QED) is 0.829. The molecular formula is C11H9N5. The van der Waals surface area contributed by atoms with Crippen LogP contribution in [-0.2, 0) is 6.54 Å². The molecule has 2 aromatic rings. The van der Waals surface area contributed by atoms with E-state index in [4.69, 9.17) is 5.26 Å². The van der Waals surface area contributed by atoms with Crippen LogP contribution in [0.5, 0.6) is 0 Å². The Balaban J connectivity index is 1.98. The van der Waals surface area contributed by atoms with E-state index < -0.39 is 0 Å². The SMILES string of the molecule is N#Cc1ccc(NCc2ccncc2)nn1. The lowest BCUT2D eigenvalue weighted by molar-refractivity contribution is 0.983. The Morgan fingerprint density at radius 3 is 2.56 bits per heavy atom. The first kappa shape index (κ1) is 10.1. The van der Waals surface area contributed by atoms with Gasteiger partial charge >= 0.3 is 0 Å². The van der Waals surface area contributed by atoms with Crippen LogP contribution in [0.15, 0.2) is 36.7 Å². The Labute approximate surface area is 92.8 Å². The Kier molecular flexibility index (Phi) is 3.04. The summed E-state index contributed by atoms with van der Waals surface area (Å²) < 4.78 is 0. The van der Waals surface area contributed by atoms with Gasteiger partial charge in [-0.25, -0.2) is 0 Å². The first-order chi connectivity index (χ1) is 7.88. The summed E-state index contributed by atoms with van der Waals surface area (Å²) in [6, 6.07) is 9.12. The van der Waals surface area contributed by atoms with Crippen LogP contribution in [0.2, 0.25) is 0 Å². The molecule has 1 N–H and O–H groups in total. The highest BCUT2D eigenvalue weighted by Crippen LogP contribution is 2.04. The zero-order valence-electron chi connectivity index (χ0n) is 8.46. The number of pyridine rings is 1. The predicted octanol–water partition coefficient (Wildman–Crippen LogP) is 1.36. The molecule has 0 saturated heterocycles. The van der Waals surface area contributed by atoms with Crippen molar-refractivity contribution in [2.75, 3.05) is 5.32 Å². The molecule has 0 atom stereocenters. The third-order valence-corrected chi connectivity index (χ3v) is 2.00. The molecule has 0 aliphatic carbocycles. The summed E-state index contributed by atoms with van der Waals surface area (Å²) in [5, 5.41) is 19.2. The van der Waals surface area contributed by atoms with E-state index in [1.54, 1.807) is 24.5 Å². The Morgan fingerprint density at radius 1 is 1.12 bits per heavy atom. The number of nitrogens with one attached hydrogen (secondary N) is 1. The van der Waals surface area contributed by atoms with E-state index in [1.165, 1.54) is 0 Å².